The Morgan fingerprint density at radius 3 is 2.06 bits per heavy atom. The summed E-state index contributed by atoms with van der Waals surface area (Å²) >= 11 is 0. The number of pyridine rings is 1. The number of ketones is 1. The van der Waals surface area contributed by atoms with Crippen molar-refractivity contribution in [3.63, 3.8) is 0 Å². The predicted octanol–water partition coefficient (Wildman–Crippen LogP) is 7.70. The summed E-state index contributed by atoms with van der Waals surface area (Å²) in [6.07, 6.45) is 2.08. The molecule has 36 heavy (non-hydrogen) atoms. The van der Waals surface area contributed by atoms with Crippen LogP contribution in [0.2, 0.25) is 0 Å². The molecule has 4 nitrogen and oxygen atoms in total. The van der Waals surface area contributed by atoms with Gasteiger partial charge in [-0.2, -0.15) is 5.26 Å². The van der Waals surface area contributed by atoms with E-state index in [4.69, 9.17) is 0 Å². The lowest BCUT2D eigenvalue weighted by molar-refractivity contribution is 0.0982. The van der Waals surface area contributed by atoms with Gasteiger partial charge in [-0.25, -0.2) is 0 Å². The van der Waals surface area contributed by atoms with E-state index in [9.17, 15) is 10.1 Å². The first kappa shape index (κ1) is 28.2. The molecule has 0 amide bonds. The molecule has 184 valence electrons. The van der Waals surface area contributed by atoms with E-state index >= 15 is 0 Å². The monoisotopic (exact) mass is 477 g/mol. The van der Waals surface area contributed by atoms with Crippen LogP contribution in [0.3, 0.4) is 0 Å². The SMILES string of the molecule is CC.CC.N#Cc1cnc(-c2ccc(CNCCC(=O)c3ccccc3)cc2)c(-c2ccccc2)c1. The standard InChI is InChI=1S/C28H23N3O.2C2H6/c29-18-22-17-26(23-7-3-1-4-8-23)28(31-20-22)25-13-11-21(12-14-25)19-30-16-15-27(32)24-9-5-2-6-10-24;2*1-2/h1-14,17,20,30H,15-16,19H2;2*1-2H3. The molecular weight excluding hydrogens is 442 g/mol. The van der Waals surface area contributed by atoms with Crippen molar-refractivity contribution in [2.45, 2.75) is 40.7 Å². The smallest absolute Gasteiger partial charge is 0.164 e. The number of hydrogen-bond acceptors (Lipinski definition) is 4. The van der Waals surface area contributed by atoms with Gasteiger partial charge in [0.15, 0.2) is 5.78 Å². The molecule has 0 radical (unpaired) electrons. The maximum Gasteiger partial charge on any atom is 0.164 e. The predicted molar refractivity (Wildman–Crippen MR) is 150 cm³/mol. The molecule has 4 rings (SSSR count). The molecule has 0 spiro atoms. The highest BCUT2D eigenvalue weighted by Crippen LogP contribution is 2.31. The van der Waals surface area contributed by atoms with Crippen LogP contribution in [0.1, 0.15) is 55.6 Å². The Hall–Kier alpha value is -4.07. The van der Waals surface area contributed by atoms with Crippen molar-refractivity contribution < 1.29 is 4.79 Å². The first-order valence-electron chi connectivity index (χ1n) is 12.6. The van der Waals surface area contributed by atoms with Crippen LogP contribution in [0.25, 0.3) is 22.4 Å². The number of rotatable bonds is 8. The van der Waals surface area contributed by atoms with Gasteiger partial charge in [0.25, 0.3) is 0 Å². The molecule has 4 heteroatoms. The minimum Gasteiger partial charge on any atom is -0.312 e. The molecule has 0 aliphatic rings. The number of hydrogen-bond donors (Lipinski definition) is 1. The van der Waals surface area contributed by atoms with Crippen LogP contribution in [0.15, 0.2) is 97.2 Å². The minimum atomic E-state index is 0.147. The second-order valence-electron chi connectivity index (χ2n) is 7.51. The van der Waals surface area contributed by atoms with Crippen molar-refractivity contribution in [2.75, 3.05) is 6.54 Å². The van der Waals surface area contributed by atoms with Gasteiger partial charge in [-0.05, 0) is 17.2 Å². The number of Topliss-reactive ketones (excluding diaryl/α,β-unsaturated/α-hetero) is 1. The van der Waals surface area contributed by atoms with Gasteiger partial charge in [-0.15, -0.1) is 0 Å². The van der Waals surface area contributed by atoms with E-state index in [1.165, 1.54) is 0 Å². The van der Waals surface area contributed by atoms with Gasteiger partial charge in [0.1, 0.15) is 6.07 Å². The Morgan fingerprint density at radius 2 is 1.44 bits per heavy atom. The largest absolute Gasteiger partial charge is 0.312 e. The topological polar surface area (TPSA) is 65.8 Å². The van der Waals surface area contributed by atoms with E-state index in [1.54, 1.807) is 6.20 Å². The average molecular weight is 478 g/mol. The first-order valence-corrected chi connectivity index (χ1v) is 12.6. The maximum atomic E-state index is 12.2. The Kier molecular flexibility index (Phi) is 12.3. The zero-order valence-electron chi connectivity index (χ0n) is 21.7. The number of carbonyl (C=O) groups excluding carboxylic acids is 1. The number of nitrogens with zero attached hydrogens (tertiary/aromatic N) is 2. The lowest BCUT2D eigenvalue weighted by atomic mass is 9.97. The summed E-state index contributed by atoms with van der Waals surface area (Å²) in [5, 5.41) is 12.6. The number of benzene rings is 3. The van der Waals surface area contributed by atoms with Crippen LogP contribution in [0.5, 0.6) is 0 Å². The normalized spacial score (nSPS) is 9.64. The highest BCUT2D eigenvalue weighted by Gasteiger charge is 2.11. The number of aromatic nitrogens is 1. The number of carbonyl (C=O) groups is 1. The molecule has 1 N–H and O–H groups in total. The Balaban J connectivity index is 0.00000109. The molecule has 0 fully saturated rings. The van der Waals surface area contributed by atoms with Crippen molar-refractivity contribution in [1.82, 2.24) is 10.3 Å². The molecule has 0 saturated heterocycles. The molecule has 1 heterocycles. The van der Waals surface area contributed by atoms with E-state index in [0.29, 0.717) is 25.1 Å². The second-order valence-corrected chi connectivity index (χ2v) is 7.51. The summed E-state index contributed by atoms with van der Waals surface area (Å²) in [4.78, 5) is 16.8. The summed E-state index contributed by atoms with van der Waals surface area (Å²) < 4.78 is 0. The van der Waals surface area contributed by atoms with Crippen molar-refractivity contribution in [3.8, 4) is 28.5 Å². The first-order chi connectivity index (χ1) is 17.7. The fourth-order valence-electron chi connectivity index (χ4n) is 3.58. The summed E-state index contributed by atoms with van der Waals surface area (Å²) in [5.74, 6) is 0.147. The van der Waals surface area contributed by atoms with Crippen molar-refractivity contribution >= 4 is 5.78 Å². The molecule has 0 saturated carbocycles. The van der Waals surface area contributed by atoms with E-state index in [1.807, 2.05) is 107 Å². The van der Waals surface area contributed by atoms with Gasteiger partial charge < -0.3 is 5.32 Å². The third kappa shape index (κ3) is 8.01. The third-order valence-corrected chi connectivity index (χ3v) is 5.28. The second kappa shape index (κ2) is 15.8. The quantitative estimate of drug-likeness (QED) is 0.208. The Morgan fingerprint density at radius 1 is 0.833 bits per heavy atom. The zero-order valence-corrected chi connectivity index (χ0v) is 21.7. The molecule has 0 bridgehead atoms. The Labute approximate surface area is 215 Å². The van der Waals surface area contributed by atoms with Gasteiger partial charge in [0.2, 0.25) is 0 Å². The van der Waals surface area contributed by atoms with Crippen LogP contribution < -0.4 is 5.32 Å². The van der Waals surface area contributed by atoms with Crippen molar-refractivity contribution in [1.29, 1.82) is 5.26 Å². The lowest BCUT2D eigenvalue weighted by Crippen LogP contribution is -2.17. The van der Waals surface area contributed by atoms with Crippen LogP contribution in [-0.4, -0.2) is 17.3 Å². The molecule has 0 atom stereocenters. The summed E-state index contributed by atoms with van der Waals surface area (Å²) in [5.41, 5.74) is 6.24. The molecule has 1 aromatic heterocycles. The number of nitriles is 1. The fraction of sp³-hybridized carbons (Fsp3) is 0.219. The highest BCUT2D eigenvalue weighted by molar-refractivity contribution is 5.96. The van der Waals surface area contributed by atoms with Crippen LogP contribution in [0.4, 0.5) is 0 Å². The lowest BCUT2D eigenvalue weighted by Gasteiger charge is -2.11. The molecule has 0 aliphatic carbocycles. The van der Waals surface area contributed by atoms with Crippen LogP contribution in [0, 0.1) is 11.3 Å². The molecule has 3 aromatic carbocycles. The average Bonchev–Trinajstić information content (AvgIpc) is 2.98. The molecule has 0 aliphatic heterocycles. The highest BCUT2D eigenvalue weighted by atomic mass is 16.1. The van der Waals surface area contributed by atoms with Crippen LogP contribution in [-0.2, 0) is 6.54 Å². The van der Waals surface area contributed by atoms with Gasteiger partial charge in [0.05, 0.1) is 11.3 Å². The summed E-state index contributed by atoms with van der Waals surface area (Å²) in [6, 6.07) is 31.7. The summed E-state index contributed by atoms with van der Waals surface area (Å²) in [7, 11) is 0. The van der Waals surface area contributed by atoms with Crippen LogP contribution >= 0.6 is 0 Å². The van der Waals surface area contributed by atoms with Gasteiger partial charge in [0, 0.05) is 42.4 Å². The van der Waals surface area contributed by atoms with Crippen molar-refractivity contribution in [2.24, 2.45) is 0 Å². The maximum absolute atomic E-state index is 12.2. The van der Waals surface area contributed by atoms with Crippen molar-refractivity contribution in [3.05, 3.63) is 114 Å². The van der Waals surface area contributed by atoms with E-state index in [-0.39, 0.29) is 5.78 Å². The van der Waals surface area contributed by atoms with Gasteiger partial charge >= 0.3 is 0 Å². The zero-order chi connectivity index (χ0) is 26.2. The van der Waals surface area contributed by atoms with E-state index in [2.05, 4.69) is 28.5 Å². The third-order valence-electron chi connectivity index (χ3n) is 5.28. The molecular formula is C32H35N3O. The molecule has 0 unspecified atom stereocenters. The van der Waals surface area contributed by atoms with E-state index in [0.717, 1.165) is 33.5 Å². The fourth-order valence-corrected chi connectivity index (χ4v) is 3.58. The van der Waals surface area contributed by atoms with Gasteiger partial charge in [-0.3, -0.25) is 9.78 Å². The summed E-state index contributed by atoms with van der Waals surface area (Å²) in [6.45, 7) is 9.32. The number of nitrogens with one attached hydrogen (secondary N) is 1. The van der Waals surface area contributed by atoms with Gasteiger partial charge in [-0.1, -0.05) is 113 Å². The Bertz CT molecular complexity index is 1230. The molecule has 4 aromatic rings. The minimum absolute atomic E-state index is 0.147. The van der Waals surface area contributed by atoms with E-state index < -0.39 is 0 Å².